The fourth-order valence-electron chi connectivity index (χ4n) is 2.25. The van der Waals surface area contributed by atoms with Crippen molar-refractivity contribution in [2.75, 3.05) is 0 Å². The number of hydrogen-bond acceptors (Lipinski definition) is 2. The second-order valence-electron chi connectivity index (χ2n) is 4.87. The second-order valence-corrected chi connectivity index (χ2v) is 6.29. The molecule has 0 aliphatic rings. The predicted molar refractivity (Wildman–Crippen MR) is 86.0 cm³/mol. The molecule has 1 N–H and O–H groups in total. The van der Waals surface area contributed by atoms with E-state index in [1.54, 1.807) is 12.1 Å². The van der Waals surface area contributed by atoms with Crippen LogP contribution in [0.4, 0.5) is 0 Å². The van der Waals surface area contributed by atoms with Gasteiger partial charge in [-0.2, -0.15) is 8.42 Å². The van der Waals surface area contributed by atoms with E-state index in [0.717, 1.165) is 22.3 Å². The molecule has 1 radical (unpaired) electrons. The molecule has 0 bridgehead atoms. The highest BCUT2D eigenvalue weighted by molar-refractivity contribution is 7.85. The van der Waals surface area contributed by atoms with Crippen molar-refractivity contribution < 1.29 is 13.0 Å². The molecule has 0 unspecified atom stereocenters. The summed E-state index contributed by atoms with van der Waals surface area (Å²) in [4.78, 5) is -0.103. The first kappa shape index (κ1) is 14.5. The van der Waals surface area contributed by atoms with Gasteiger partial charge in [0.15, 0.2) is 0 Å². The van der Waals surface area contributed by atoms with Crippen LogP contribution in [-0.2, 0) is 10.1 Å². The molecular weight excluding hydrogens is 296 g/mol. The minimum Gasteiger partial charge on any atom is -0.282 e. The van der Waals surface area contributed by atoms with Crippen molar-refractivity contribution in [2.45, 2.75) is 4.90 Å². The summed E-state index contributed by atoms with van der Waals surface area (Å²) in [6.45, 7) is 0. The van der Waals surface area contributed by atoms with Crippen LogP contribution in [0.15, 0.2) is 77.7 Å². The first-order chi connectivity index (χ1) is 10.5. The Morgan fingerprint density at radius 3 is 1.41 bits per heavy atom. The van der Waals surface area contributed by atoms with Crippen LogP contribution in [0.2, 0.25) is 0 Å². The van der Waals surface area contributed by atoms with Crippen molar-refractivity contribution in [3.63, 3.8) is 0 Å². The molecule has 0 saturated carbocycles. The van der Waals surface area contributed by atoms with Crippen LogP contribution in [-0.4, -0.2) is 13.0 Å². The van der Waals surface area contributed by atoms with Gasteiger partial charge < -0.3 is 0 Å². The maximum Gasteiger partial charge on any atom is 0.294 e. The maximum absolute atomic E-state index is 11.0. The zero-order chi connectivity index (χ0) is 15.6. The van der Waals surface area contributed by atoms with Crippen molar-refractivity contribution in [1.29, 1.82) is 0 Å². The van der Waals surface area contributed by atoms with Crippen LogP contribution in [0, 0.1) is 6.07 Å². The molecule has 0 aliphatic heterocycles. The van der Waals surface area contributed by atoms with Crippen molar-refractivity contribution >= 4 is 10.1 Å². The lowest BCUT2D eigenvalue weighted by Crippen LogP contribution is -1.97. The molecule has 0 fully saturated rings. The van der Waals surface area contributed by atoms with Gasteiger partial charge in [-0.25, -0.2) is 0 Å². The van der Waals surface area contributed by atoms with Crippen molar-refractivity contribution in [2.24, 2.45) is 0 Å². The minimum absolute atomic E-state index is 0.103. The Hall–Kier alpha value is -2.43. The van der Waals surface area contributed by atoms with Gasteiger partial charge in [-0.3, -0.25) is 4.55 Å². The highest BCUT2D eigenvalue weighted by Crippen LogP contribution is 2.25. The SMILES string of the molecule is O=S(=O)(O)c1ccc(-c2ccc(-c3cc[c]cc3)cc2)cc1. The van der Waals surface area contributed by atoms with Crippen LogP contribution in [0.1, 0.15) is 0 Å². The lowest BCUT2D eigenvalue weighted by atomic mass is 10.0. The van der Waals surface area contributed by atoms with Gasteiger partial charge in [-0.05, 0) is 40.5 Å². The Morgan fingerprint density at radius 1 is 0.636 bits per heavy atom. The summed E-state index contributed by atoms with van der Waals surface area (Å²) in [5.41, 5.74) is 4.09. The fraction of sp³-hybridized carbons (Fsp3) is 0. The van der Waals surface area contributed by atoms with E-state index in [-0.39, 0.29) is 4.90 Å². The summed E-state index contributed by atoms with van der Waals surface area (Å²) in [5.74, 6) is 0. The molecule has 0 saturated heterocycles. The number of benzene rings is 3. The molecule has 3 nitrogen and oxygen atoms in total. The van der Waals surface area contributed by atoms with Crippen molar-refractivity contribution in [3.8, 4) is 22.3 Å². The van der Waals surface area contributed by atoms with Crippen LogP contribution >= 0.6 is 0 Å². The Morgan fingerprint density at radius 2 is 1.00 bits per heavy atom. The third kappa shape index (κ3) is 3.08. The summed E-state index contributed by atoms with van der Waals surface area (Å²) in [6, 6.07) is 24.9. The molecular formula is C18H13O3S. The van der Waals surface area contributed by atoms with Gasteiger partial charge in [-0.1, -0.05) is 60.7 Å². The zero-order valence-electron chi connectivity index (χ0n) is 11.6. The van der Waals surface area contributed by atoms with E-state index in [9.17, 15) is 8.42 Å². The van der Waals surface area contributed by atoms with Crippen LogP contribution in [0.3, 0.4) is 0 Å². The Balaban J connectivity index is 1.90. The third-order valence-corrected chi connectivity index (χ3v) is 4.29. The van der Waals surface area contributed by atoms with Gasteiger partial charge in [0.25, 0.3) is 10.1 Å². The Kier molecular flexibility index (Phi) is 3.79. The molecule has 0 spiro atoms. The first-order valence-corrected chi connectivity index (χ1v) is 8.12. The molecule has 4 heteroatoms. The maximum atomic E-state index is 11.0. The van der Waals surface area contributed by atoms with E-state index in [0.29, 0.717) is 0 Å². The van der Waals surface area contributed by atoms with Crippen LogP contribution in [0.25, 0.3) is 22.3 Å². The standard InChI is InChI=1S/C18H13O3S/c19-22(20,21)18-12-10-17(11-13-18)16-8-6-15(7-9-16)14-4-2-1-3-5-14/h2-13H,(H,19,20,21). The van der Waals surface area contributed by atoms with Gasteiger partial charge in [0, 0.05) is 0 Å². The smallest absolute Gasteiger partial charge is 0.282 e. The van der Waals surface area contributed by atoms with E-state index >= 15 is 0 Å². The molecule has 3 aromatic carbocycles. The average molecular weight is 309 g/mol. The molecule has 0 aliphatic carbocycles. The van der Waals surface area contributed by atoms with Crippen LogP contribution in [0.5, 0.6) is 0 Å². The fourth-order valence-corrected chi connectivity index (χ4v) is 2.73. The van der Waals surface area contributed by atoms with Gasteiger partial charge in [-0.15, -0.1) is 0 Å². The van der Waals surface area contributed by atoms with E-state index in [4.69, 9.17) is 4.55 Å². The van der Waals surface area contributed by atoms with E-state index in [1.807, 2.05) is 48.5 Å². The summed E-state index contributed by atoms with van der Waals surface area (Å²) in [7, 11) is -4.15. The summed E-state index contributed by atoms with van der Waals surface area (Å²) < 4.78 is 31.1. The monoisotopic (exact) mass is 309 g/mol. The number of hydrogen-bond donors (Lipinski definition) is 1. The normalized spacial score (nSPS) is 11.3. The van der Waals surface area contributed by atoms with E-state index < -0.39 is 10.1 Å². The Bertz CT molecular complexity index is 866. The predicted octanol–water partition coefficient (Wildman–Crippen LogP) is 4.07. The van der Waals surface area contributed by atoms with E-state index in [1.165, 1.54) is 12.1 Å². The topological polar surface area (TPSA) is 54.4 Å². The van der Waals surface area contributed by atoms with Crippen LogP contribution < -0.4 is 0 Å². The molecule has 0 atom stereocenters. The van der Waals surface area contributed by atoms with Crippen molar-refractivity contribution in [3.05, 3.63) is 78.9 Å². The van der Waals surface area contributed by atoms with Gasteiger partial charge in [0.2, 0.25) is 0 Å². The summed E-state index contributed by atoms with van der Waals surface area (Å²) >= 11 is 0. The molecule has 109 valence electrons. The van der Waals surface area contributed by atoms with Gasteiger partial charge in [0.05, 0.1) is 4.90 Å². The molecule has 3 aromatic rings. The molecule has 3 rings (SSSR count). The molecule has 0 aromatic heterocycles. The quantitative estimate of drug-likeness (QED) is 0.742. The summed E-state index contributed by atoms with van der Waals surface area (Å²) in [5, 5.41) is 0. The van der Waals surface area contributed by atoms with Gasteiger partial charge >= 0.3 is 0 Å². The Labute approximate surface area is 129 Å². The van der Waals surface area contributed by atoms with Crippen molar-refractivity contribution in [1.82, 2.24) is 0 Å². The van der Waals surface area contributed by atoms with E-state index in [2.05, 4.69) is 6.07 Å². The lowest BCUT2D eigenvalue weighted by Gasteiger charge is -2.05. The molecule has 0 heterocycles. The third-order valence-electron chi connectivity index (χ3n) is 3.42. The second kappa shape index (κ2) is 5.75. The zero-order valence-corrected chi connectivity index (χ0v) is 12.4. The largest absolute Gasteiger partial charge is 0.294 e. The van der Waals surface area contributed by atoms with Gasteiger partial charge in [0.1, 0.15) is 0 Å². The average Bonchev–Trinajstić information content (AvgIpc) is 2.55. The minimum atomic E-state index is -4.15. The summed E-state index contributed by atoms with van der Waals surface area (Å²) in [6.07, 6.45) is 0. The number of rotatable bonds is 3. The molecule has 0 amide bonds. The lowest BCUT2D eigenvalue weighted by molar-refractivity contribution is 0.483. The highest BCUT2D eigenvalue weighted by atomic mass is 32.2. The molecule has 22 heavy (non-hydrogen) atoms. The highest BCUT2D eigenvalue weighted by Gasteiger charge is 2.09. The first-order valence-electron chi connectivity index (χ1n) is 6.68.